The van der Waals surface area contributed by atoms with Crippen LogP contribution < -0.4 is 15.4 Å². The van der Waals surface area contributed by atoms with Gasteiger partial charge in [-0.3, -0.25) is 0 Å². The first-order chi connectivity index (χ1) is 11.7. The zero-order valence-corrected chi connectivity index (χ0v) is 15.5. The number of hydrogen-bond donors (Lipinski definition) is 2. The maximum Gasteiger partial charge on any atom is 0.213 e. The number of nitrogens with one attached hydrogen (secondary N) is 2. The van der Waals surface area contributed by atoms with E-state index >= 15 is 0 Å². The van der Waals surface area contributed by atoms with Crippen LogP contribution >= 0.6 is 0 Å². The minimum atomic E-state index is 0.505. The molecule has 6 nitrogen and oxygen atoms in total. The van der Waals surface area contributed by atoms with Crippen LogP contribution in [0.1, 0.15) is 39.2 Å². The molecule has 0 atom stereocenters. The number of pyridine rings is 1. The first kappa shape index (κ1) is 20.2. The van der Waals surface area contributed by atoms with Crippen molar-refractivity contribution in [1.29, 1.82) is 0 Å². The quantitative estimate of drug-likeness (QED) is 0.369. The Morgan fingerprint density at radius 2 is 1.96 bits per heavy atom. The van der Waals surface area contributed by atoms with Crippen LogP contribution in [-0.4, -0.2) is 44.4 Å². The Hall–Kier alpha value is -1.82. The molecule has 0 aliphatic rings. The van der Waals surface area contributed by atoms with Crippen LogP contribution in [-0.2, 0) is 11.3 Å². The van der Waals surface area contributed by atoms with E-state index in [0.717, 1.165) is 24.6 Å². The molecule has 1 heterocycles. The van der Waals surface area contributed by atoms with Gasteiger partial charge in [0.25, 0.3) is 0 Å². The summed E-state index contributed by atoms with van der Waals surface area (Å²) in [6, 6.07) is 3.86. The van der Waals surface area contributed by atoms with Crippen molar-refractivity contribution in [1.82, 2.24) is 15.6 Å². The normalized spacial score (nSPS) is 11.6. The van der Waals surface area contributed by atoms with E-state index in [4.69, 9.17) is 9.47 Å². The Bertz CT molecular complexity index is 459. The van der Waals surface area contributed by atoms with Crippen LogP contribution in [0.25, 0.3) is 0 Å². The highest BCUT2D eigenvalue weighted by molar-refractivity contribution is 5.79. The maximum atomic E-state index is 5.46. The van der Waals surface area contributed by atoms with Crippen molar-refractivity contribution in [3.05, 3.63) is 23.9 Å². The van der Waals surface area contributed by atoms with Gasteiger partial charge >= 0.3 is 0 Å². The van der Waals surface area contributed by atoms with Gasteiger partial charge in [0.2, 0.25) is 5.88 Å². The van der Waals surface area contributed by atoms with E-state index < -0.39 is 0 Å². The van der Waals surface area contributed by atoms with Gasteiger partial charge in [0.05, 0.1) is 13.2 Å². The van der Waals surface area contributed by atoms with Crippen LogP contribution in [0.2, 0.25) is 0 Å². The van der Waals surface area contributed by atoms with Gasteiger partial charge in [-0.25, -0.2) is 9.98 Å². The standard InChI is InChI=1S/C18H32N4O2/c1-5-15(6-2)12-21-18(19-7-3)22-14-16-8-9-17(20-13-16)24-11-10-23-4/h8-9,13,15H,5-7,10-12,14H2,1-4H3,(H2,19,21,22). The lowest BCUT2D eigenvalue weighted by atomic mass is 10.0. The molecule has 0 aliphatic carbocycles. The molecule has 24 heavy (non-hydrogen) atoms. The van der Waals surface area contributed by atoms with Crippen LogP contribution in [0.15, 0.2) is 23.3 Å². The average molecular weight is 336 g/mol. The molecule has 1 rings (SSSR count). The molecule has 0 bridgehead atoms. The number of methoxy groups -OCH3 is 1. The summed E-state index contributed by atoms with van der Waals surface area (Å²) in [4.78, 5) is 8.91. The zero-order chi connectivity index (χ0) is 17.6. The van der Waals surface area contributed by atoms with E-state index in [1.54, 1.807) is 13.3 Å². The maximum absolute atomic E-state index is 5.46. The third kappa shape index (κ3) is 8.15. The van der Waals surface area contributed by atoms with Crippen molar-refractivity contribution < 1.29 is 9.47 Å². The third-order valence-electron chi connectivity index (χ3n) is 3.81. The molecule has 1 aromatic rings. The van der Waals surface area contributed by atoms with Crippen LogP contribution in [0, 0.1) is 5.92 Å². The van der Waals surface area contributed by atoms with E-state index in [1.807, 2.05) is 12.1 Å². The van der Waals surface area contributed by atoms with Gasteiger partial charge in [0.1, 0.15) is 6.61 Å². The van der Waals surface area contributed by atoms with Crippen molar-refractivity contribution in [3.8, 4) is 5.88 Å². The number of rotatable bonds is 11. The number of aliphatic imine (C=N–C) groups is 1. The monoisotopic (exact) mass is 336 g/mol. The molecular weight excluding hydrogens is 304 g/mol. The van der Waals surface area contributed by atoms with Crippen molar-refractivity contribution in [2.75, 3.05) is 33.4 Å². The molecule has 0 fully saturated rings. The highest BCUT2D eigenvalue weighted by atomic mass is 16.5. The van der Waals surface area contributed by atoms with Crippen molar-refractivity contribution in [2.24, 2.45) is 10.9 Å². The SMILES string of the molecule is CCNC(=NCc1ccc(OCCOC)nc1)NCC(CC)CC. The van der Waals surface area contributed by atoms with Crippen molar-refractivity contribution >= 4 is 5.96 Å². The Kier molecular flexibility index (Phi) is 10.6. The Morgan fingerprint density at radius 3 is 2.54 bits per heavy atom. The molecule has 2 N–H and O–H groups in total. The Morgan fingerprint density at radius 1 is 1.17 bits per heavy atom. The van der Waals surface area contributed by atoms with Gasteiger partial charge in [0.15, 0.2) is 5.96 Å². The summed E-state index contributed by atoms with van der Waals surface area (Å²) in [5.74, 6) is 2.14. The predicted molar refractivity (Wildman–Crippen MR) is 98.5 cm³/mol. The predicted octanol–water partition coefficient (Wildman–Crippen LogP) is 2.60. The third-order valence-corrected chi connectivity index (χ3v) is 3.81. The first-order valence-corrected chi connectivity index (χ1v) is 8.82. The van der Waals surface area contributed by atoms with E-state index in [-0.39, 0.29) is 0 Å². The molecule has 0 amide bonds. The fraction of sp³-hybridized carbons (Fsp3) is 0.667. The van der Waals surface area contributed by atoms with Gasteiger partial charge in [-0.05, 0) is 18.4 Å². The van der Waals surface area contributed by atoms with Crippen molar-refractivity contribution in [3.63, 3.8) is 0 Å². The number of guanidine groups is 1. The van der Waals surface area contributed by atoms with Crippen LogP contribution in [0.3, 0.4) is 0 Å². The second-order valence-electron chi connectivity index (χ2n) is 5.60. The van der Waals surface area contributed by atoms with E-state index in [9.17, 15) is 0 Å². The minimum absolute atomic E-state index is 0.505. The van der Waals surface area contributed by atoms with Crippen LogP contribution in [0.5, 0.6) is 5.88 Å². The summed E-state index contributed by atoms with van der Waals surface area (Å²) in [6.07, 6.45) is 4.16. The van der Waals surface area contributed by atoms with Crippen LogP contribution in [0.4, 0.5) is 0 Å². The summed E-state index contributed by atoms with van der Waals surface area (Å²) in [6.45, 7) is 9.96. The van der Waals surface area contributed by atoms with Gasteiger partial charge in [-0.1, -0.05) is 32.8 Å². The molecule has 136 valence electrons. The zero-order valence-electron chi connectivity index (χ0n) is 15.5. The molecule has 0 unspecified atom stereocenters. The number of aromatic nitrogens is 1. The summed E-state index contributed by atoms with van der Waals surface area (Å²) in [5, 5.41) is 6.70. The lowest BCUT2D eigenvalue weighted by Crippen LogP contribution is -2.39. The van der Waals surface area contributed by atoms with Gasteiger partial charge in [-0.2, -0.15) is 0 Å². The molecule has 6 heteroatoms. The molecule has 0 radical (unpaired) electrons. The Labute approximate surface area is 146 Å². The highest BCUT2D eigenvalue weighted by Crippen LogP contribution is 2.08. The fourth-order valence-electron chi connectivity index (χ4n) is 2.15. The topological polar surface area (TPSA) is 67.8 Å². The molecule has 0 saturated carbocycles. The van der Waals surface area contributed by atoms with Gasteiger partial charge in [0, 0.05) is 32.5 Å². The summed E-state index contributed by atoms with van der Waals surface area (Å²) < 4.78 is 10.4. The number of nitrogens with zero attached hydrogens (tertiary/aromatic N) is 2. The number of ether oxygens (including phenoxy) is 2. The van der Waals surface area contributed by atoms with E-state index in [0.29, 0.717) is 31.6 Å². The summed E-state index contributed by atoms with van der Waals surface area (Å²) >= 11 is 0. The second-order valence-corrected chi connectivity index (χ2v) is 5.60. The Balaban J connectivity index is 2.52. The van der Waals surface area contributed by atoms with Gasteiger partial charge in [-0.15, -0.1) is 0 Å². The first-order valence-electron chi connectivity index (χ1n) is 8.82. The molecule has 0 spiro atoms. The highest BCUT2D eigenvalue weighted by Gasteiger charge is 2.05. The van der Waals surface area contributed by atoms with Crippen molar-refractivity contribution in [2.45, 2.75) is 40.2 Å². The number of hydrogen-bond acceptors (Lipinski definition) is 4. The molecule has 0 aliphatic heterocycles. The van der Waals surface area contributed by atoms with E-state index in [2.05, 4.69) is 41.4 Å². The second kappa shape index (κ2) is 12.6. The average Bonchev–Trinajstić information content (AvgIpc) is 2.61. The summed E-state index contributed by atoms with van der Waals surface area (Å²) in [7, 11) is 1.65. The molecule has 0 aromatic carbocycles. The van der Waals surface area contributed by atoms with E-state index in [1.165, 1.54) is 12.8 Å². The smallest absolute Gasteiger partial charge is 0.213 e. The largest absolute Gasteiger partial charge is 0.475 e. The molecular formula is C18H32N4O2. The lowest BCUT2D eigenvalue weighted by Gasteiger charge is -2.16. The van der Waals surface area contributed by atoms with Gasteiger partial charge < -0.3 is 20.1 Å². The lowest BCUT2D eigenvalue weighted by molar-refractivity contribution is 0.143. The summed E-state index contributed by atoms with van der Waals surface area (Å²) in [5.41, 5.74) is 1.05. The minimum Gasteiger partial charge on any atom is -0.475 e. The fourth-order valence-corrected chi connectivity index (χ4v) is 2.15. The molecule has 1 aromatic heterocycles. The molecule has 0 saturated heterocycles.